The Balaban J connectivity index is 2.11. The fraction of sp³-hybridized carbons (Fsp3) is 0.222. The second-order valence-electron chi connectivity index (χ2n) is 3.13. The van der Waals surface area contributed by atoms with Gasteiger partial charge < -0.3 is 5.73 Å². The van der Waals surface area contributed by atoms with E-state index >= 15 is 0 Å². The molecule has 15 heavy (non-hydrogen) atoms. The Bertz CT molecular complexity index is 388. The molecule has 2 N–H and O–H groups in total. The van der Waals surface area contributed by atoms with E-state index in [2.05, 4.69) is 4.98 Å². The van der Waals surface area contributed by atoms with E-state index in [-0.39, 0.29) is 23.4 Å². The predicted octanol–water partition coefficient (Wildman–Crippen LogP) is 0.859. The van der Waals surface area contributed by atoms with Crippen LogP contribution in [0.5, 0.6) is 0 Å². The molecule has 0 saturated carbocycles. The SMILES string of the molecule is Nc1ccc(CN2C(=O)CSC2=O)cn1. The van der Waals surface area contributed by atoms with Gasteiger partial charge in [-0.15, -0.1) is 0 Å². The van der Waals surface area contributed by atoms with E-state index in [9.17, 15) is 9.59 Å². The largest absolute Gasteiger partial charge is 0.384 e. The van der Waals surface area contributed by atoms with Gasteiger partial charge in [-0.05, 0) is 11.6 Å². The van der Waals surface area contributed by atoms with Gasteiger partial charge in [-0.1, -0.05) is 17.8 Å². The lowest BCUT2D eigenvalue weighted by Gasteiger charge is -2.12. The Morgan fingerprint density at radius 2 is 2.27 bits per heavy atom. The van der Waals surface area contributed by atoms with Crippen LogP contribution in [-0.4, -0.2) is 26.8 Å². The lowest BCUT2D eigenvalue weighted by atomic mass is 10.2. The molecule has 1 aliphatic heterocycles. The van der Waals surface area contributed by atoms with Crippen LogP contribution in [-0.2, 0) is 11.3 Å². The number of carbonyl (C=O) groups excluding carboxylic acids is 2. The number of anilines is 1. The molecule has 1 fully saturated rings. The van der Waals surface area contributed by atoms with Gasteiger partial charge in [0.15, 0.2) is 0 Å². The quantitative estimate of drug-likeness (QED) is 0.804. The third-order valence-electron chi connectivity index (χ3n) is 2.03. The summed E-state index contributed by atoms with van der Waals surface area (Å²) in [6, 6.07) is 3.40. The molecule has 2 rings (SSSR count). The summed E-state index contributed by atoms with van der Waals surface area (Å²) in [6.45, 7) is 0.276. The highest BCUT2D eigenvalue weighted by Crippen LogP contribution is 2.20. The highest BCUT2D eigenvalue weighted by molar-refractivity contribution is 8.14. The maximum Gasteiger partial charge on any atom is 0.289 e. The van der Waals surface area contributed by atoms with Crippen molar-refractivity contribution in [1.29, 1.82) is 0 Å². The number of rotatable bonds is 2. The van der Waals surface area contributed by atoms with Gasteiger partial charge in [0.1, 0.15) is 5.82 Å². The van der Waals surface area contributed by atoms with Crippen molar-refractivity contribution in [2.24, 2.45) is 0 Å². The summed E-state index contributed by atoms with van der Waals surface area (Å²) in [6.07, 6.45) is 1.57. The Hall–Kier alpha value is -1.56. The number of hydrogen-bond acceptors (Lipinski definition) is 5. The van der Waals surface area contributed by atoms with Gasteiger partial charge in [0, 0.05) is 6.20 Å². The molecule has 6 heteroatoms. The van der Waals surface area contributed by atoms with Gasteiger partial charge in [0.2, 0.25) is 5.91 Å². The zero-order valence-electron chi connectivity index (χ0n) is 7.84. The molecule has 0 bridgehead atoms. The molecule has 2 heterocycles. The van der Waals surface area contributed by atoms with Crippen LogP contribution in [0, 0.1) is 0 Å². The normalized spacial score (nSPS) is 16.1. The summed E-state index contributed by atoms with van der Waals surface area (Å²) in [4.78, 5) is 27.7. The molecule has 1 aromatic heterocycles. The van der Waals surface area contributed by atoms with E-state index in [4.69, 9.17) is 5.73 Å². The van der Waals surface area contributed by atoms with Crippen LogP contribution in [0.25, 0.3) is 0 Å². The second kappa shape index (κ2) is 3.90. The van der Waals surface area contributed by atoms with Crippen LogP contribution in [0.4, 0.5) is 10.6 Å². The van der Waals surface area contributed by atoms with Gasteiger partial charge in [0.25, 0.3) is 5.24 Å². The van der Waals surface area contributed by atoms with Crippen molar-refractivity contribution >= 4 is 28.7 Å². The fourth-order valence-electron chi connectivity index (χ4n) is 1.25. The monoisotopic (exact) mass is 223 g/mol. The molecule has 0 aliphatic carbocycles. The molecule has 1 aliphatic rings. The molecule has 2 amide bonds. The lowest BCUT2D eigenvalue weighted by Crippen LogP contribution is -2.27. The van der Waals surface area contributed by atoms with Crippen LogP contribution < -0.4 is 5.73 Å². The molecule has 0 atom stereocenters. The second-order valence-corrected chi connectivity index (χ2v) is 4.05. The van der Waals surface area contributed by atoms with Crippen molar-refractivity contribution < 1.29 is 9.59 Å². The van der Waals surface area contributed by atoms with Gasteiger partial charge in [-0.3, -0.25) is 14.5 Å². The molecule has 5 nitrogen and oxygen atoms in total. The van der Waals surface area contributed by atoms with Crippen molar-refractivity contribution in [2.45, 2.75) is 6.54 Å². The van der Waals surface area contributed by atoms with Crippen LogP contribution in [0.2, 0.25) is 0 Å². The highest BCUT2D eigenvalue weighted by atomic mass is 32.2. The zero-order chi connectivity index (χ0) is 10.8. The van der Waals surface area contributed by atoms with E-state index in [1.165, 1.54) is 4.90 Å². The molecular weight excluding hydrogens is 214 g/mol. The summed E-state index contributed by atoms with van der Waals surface area (Å²) < 4.78 is 0. The third kappa shape index (κ3) is 2.10. The molecule has 1 saturated heterocycles. The minimum Gasteiger partial charge on any atom is -0.384 e. The molecule has 1 aromatic rings. The average molecular weight is 223 g/mol. The maximum atomic E-state index is 11.3. The van der Waals surface area contributed by atoms with Gasteiger partial charge in [0.05, 0.1) is 12.3 Å². The molecule has 0 radical (unpaired) electrons. The minimum absolute atomic E-state index is 0.151. The summed E-state index contributed by atoms with van der Waals surface area (Å²) in [7, 11) is 0. The van der Waals surface area contributed by atoms with Crippen molar-refractivity contribution in [3.05, 3.63) is 23.9 Å². The van der Waals surface area contributed by atoms with Crippen LogP contribution in [0.3, 0.4) is 0 Å². The number of nitrogen functional groups attached to an aromatic ring is 1. The molecule has 0 unspecified atom stereocenters. The highest BCUT2D eigenvalue weighted by Gasteiger charge is 2.29. The van der Waals surface area contributed by atoms with Crippen LogP contribution in [0.1, 0.15) is 5.56 Å². The standard InChI is InChI=1S/C9H9N3O2S/c10-7-2-1-6(3-11-7)4-12-8(13)5-15-9(12)14/h1-3H,4-5H2,(H2,10,11). The molecule has 78 valence electrons. The van der Waals surface area contributed by atoms with E-state index in [0.29, 0.717) is 5.82 Å². The number of carbonyl (C=O) groups is 2. The first kappa shape index (κ1) is 9.97. The van der Waals surface area contributed by atoms with E-state index in [1.54, 1.807) is 18.3 Å². The van der Waals surface area contributed by atoms with Crippen molar-refractivity contribution in [1.82, 2.24) is 9.88 Å². The number of imide groups is 1. The Morgan fingerprint density at radius 1 is 1.47 bits per heavy atom. The van der Waals surface area contributed by atoms with Gasteiger partial charge >= 0.3 is 0 Å². The van der Waals surface area contributed by atoms with E-state index in [0.717, 1.165) is 17.3 Å². The molecule has 0 aromatic carbocycles. The zero-order valence-corrected chi connectivity index (χ0v) is 8.66. The van der Waals surface area contributed by atoms with Crippen molar-refractivity contribution in [3.63, 3.8) is 0 Å². The Kier molecular flexibility index (Phi) is 2.59. The first-order valence-electron chi connectivity index (χ1n) is 4.34. The summed E-state index contributed by atoms with van der Waals surface area (Å²) in [5.74, 6) is 0.510. The Labute approximate surface area is 90.7 Å². The number of aromatic nitrogens is 1. The number of pyridine rings is 1. The number of amides is 2. The number of thioether (sulfide) groups is 1. The fourth-order valence-corrected chi connectivity index (χ4v) is 1.97. The molecular formula is C9H9N3O2S. The van der Waals surface area contributed by atoms with E-state index in [1.807, 2.05) is 0 Å². The first-order chi connectivity index (χ1) is 7.16. The smallest absolute Gasteiger partial charge is 0.289 e. The Morgan fingerprint density at radius 3 is 2.80 bits per heavy atom. The van der Waals surface area contributed by atoms with Gasteiger partial charge in [-0.2, -0.15) is 0 Å². The van der Waals surface area contributed by atoms with Gasteiger partial charge in [-0.25, -0.2) is 4.98 Å². The van der Waals surface area contributed by atoms with Crippen LogP contribution in [0.15, 0.2) is 18.3 Å². The number of nitrogens with two attached hydrogens (primary N) is 1. The first-order valence-corrected chi connectivity index (χ1v) is 5.33. The lowest BCUT2D eigenvalue weighted by molar-refractivity contribution is -0.125. The van der Waals surface area contributed by atoms with Crippen molar-refractivity contribution in [3.8, 4) is 0 Å². The summed E-state index contributed by atoms with van der Waals surface area (Å²) in [5, 5.41) is -0.197. The summed E-state index contributed by atoms with van der Waals surface area (Å²) in [5.41, 5.74) is 6.23. The predicted molar refractivity (Wildman–Crippen MR) is 57.1 cm³/mol. The maximum absolute atomic E-state index is 11.3. The van der Waals surface area contributed by atoms with Crippen molar-refractivity contribution in [2.75, 3.05) is 11.5 Å². The third-order valence-corrected chi connectivity index (χ3v) is 2.89. The minimum atomic E-state index is -0.197. The van der Waals surface area contributed by atoms with E-state index < -0.39 is 0 Å². The molecule has 0 spiro atoms. The summed E-state index contributed by atoms with van der Waals surface area (Å²) >= 11 is 1.03. The topological polar surface area (TPSA) is 76.3 Å². The van der Waals surface area contributed by atoms with Crippen LogP contribution >= 0.6 is 11.8 Å². The average Bonchev–Trinajstić information content (AvgIpc) is 2.53. The number of hydrogen-bond donors (Lipinski definition) is 1. The number of nitrogens with zero attached hydrogens (tertiary/aromatic N) is 2.